The largest absolute Gasteiger partial charge is 0.478 e. The zero-order valence-electron chi connectivity index (χ0n) is 27.4. The molecule has 2 fully saturated rings. The highest BCUT2D eigenvalue weighted by molar-refractivity contribution is 8.01. The van der Waals surface area contributed by atoms with Crippen LogP contribution in [0.2, 0.25) is 0 Å². The molecule has 5 heterocycles. The van der Waals surface area contributed by atoms with E-state index in [0.717, 1.165) is 52.3 Å². The first-order valence-electron chi connectivity index (χ1n) is 15.7. The zero-order chi connectivity index (χ0) is 35.0. The molecule has 2 amide bonds. The van der Waals surface area contributed by atoms with Gasteiger partial charge in [0.05, 0.1) is 11.4 Å². The summed E-state index contributed by atoms with van der Waals surface area (Å²) in [5.41, 5.74) is 6.53. The lowest BCUT2D eigenvalue weighted by Gasteiger charge is -2.47. The van der Waals surface area contributed by atoms with Crippen molar-refractivity contribution in [3.05, 3.63) is 58.6 Å². The van der Waals surface area contributed by atoms with Crippen LogP contribution in [0.4, 0.5) is 9.52 Å². The molecule has 2 aromatic heterocycles. The summed E-state index contributed by atoms with van der Waals surface area (Å²) in [5.74, 6) is -1.29. The van der Waals surface area contributed by atoms with Crippen LogP contribution in [0.15, 0.2) is 51.6 Å². The molecule has 1 aromatic carbocycles. The molecule has 6 rings (SSSR count). The van der Waals surface area contributed by atoms with Gasteiger partial charge in [0.1, 0.15) is 30.0 Å². The molecule has 5 N–H and O–H groups in total. The van der Waals surface area contributed by atoms with Gasteiger partial charge in [-0.15, -0.1) is 34.9 Å². The Morgan fingerprint density at radius 1 is 1.37 bits per heavy atom. The number of aromatic nitrogens is 2. The molecule has 17 heteroatoms. The number of nitrogens with one attached hydrogen (secondary N) is 2. The van der Waals surface area contributed by atoms with Crippen molar-refractivity contribution in [2.24, 2.45) is 12.2 Å². The van der Waals surface area contributed by atoms with Crippen LogP contribution in [0.5, 0.6) is 0 Å². The number of nitrogens with zero attached hydrogens (tertiary/aromatic N) is 5. The summed E-state index contributed by atoms with van der Waals surface area (Å²) in [7, 11) is 1.96. The number of oxime groups is 1. The van der Waals surface area contributed by atoms with Gasteiger partial charge in [-0.2, -0.15) is 0 Å². The van der Waals surface area contributed by atoms with Crippen LogP contribution < -0.4 is 20.9 Å². The van der Waals surface area contributed by atoms with Crippen molar-refractivity contribution in [2.75, 3.05) is 43.4 Å². The molecule has 3 aromatic rings. The maximum Gasteiger partial charge on any atom is 0.350 e. The molecule has 0 saturated carbocycles. The summed E-state index contributed by atoms with van der Waals surface area (Å²) >= 11 is 4.20. The second-order valence-corrected chi connectivity index (χ2v) is 15.4. The van der Waals surface area contributed by atoms with E-state index in [2.05, 4.69) is 32.6 Å². The van der Waals surface area contributed by atoms with Gasteiger partial charge in [0.15, 0.2) is 17.0 Å². The van der Waals surface area contributed by atoms with Crippen LogP contribution in [0.3, 0.4) is 0 Å². The molecule has 0 spiro atoms. The predicted octanol–water partition coefficient (Wildman–Crippen LogP) is 2.47. The maximum atomic E-state index is 15.7. The summed E-state index contributed by atoms with van der Waals surface area (Å²) in [6, 6.07) is 4.76. The van der Waals surface area contributed by atoms with E-state index in [-0.39, 0.29) is 39.7 Å². The molecule has 260 valence electrons. The number of fused-ring (bicyclic) bond motifs is 2. The van der Waals surface area contributed by atoms with E-state index in [1.165, 1.54) is 31.0 Å². The van der Waals surface area contributed by atoms with Gasteiger partial charge >= 0.3 is 5.97 Å². The Morgan fingerprint density at radius 2 is 2.16 bits per heavy atom. The van der Waals surface area contributed by atoms with Gasteiger partial charge in [-0.1, -0.05) is 12.1 Å². The maximum absolute atomic E-state index is 15.7. The average Bonchev–Trinajstić information content (AvgIpc) is 3.52. The van der Waals surface area contributed by atoms with Crippen molar-refractivity contribution in [3.8, 4) is 0 Å². The number of thioether (sulfide) groups is 2. The quantitative estimate of drug-likeness (QED) is 0.0753. The minimum Gasteiger partial charge on any atom is -0.478 e. The minimum atomic E-state index is -1.71. The van der Waals surface area contributed by atoms with Crippen molar-refractivity contribution < 1.29 is 33.3 Å². The molecule has 2 unspecified atom stereocenters. The predicted molar refractivity (Wildman–Crippen MR) is 188 cm³/mol. The smallest absolute Gasteiger partial charge is 0.350 e. The number of anilines is 1. The molecular weight excluding hydrogens is 692 g/mol. The van der Waals surface area contributed by atoms with Gasteiger partial charge in [0.2, 0.25) is 11.1 Å². The minimum absolute atomic E-state index is 0.0260. The highest BCUT2D eigenvalue weighted by Gasteiger charge is 2.50. The number of nitrogen functional groups attached to an aromatic ring is 1. The number of likely N-dealkylation sites (N-methyl/N-ethyl adjacent to an activating group) is 1. The average molecular weight is 730 g/mol. The molecule has 0 radical (unpaired) electrons. The van der Waals surface area contributed by atoms with Gasteiger partial charge in [-0.05, 0) is 32.0 Å². The highest BCUT2D eigenvalue weighted by atomic mass is 32.2. The van der Waals surface area contributed by atoms with E-state index < -0.39 is 23.5 Å². The lowest BCUT2D eigenvalue weighted by atomic mass is 10.0. The number of β-lactam (4-membered cyclic amide) rings is 1. The number of hydrogen-bond acceptors (Lipinski definition) is 12. The first-order chi connectivity index (χ1) is 23.4. The van der Waals surface area contributed by atoms with Gasteiger partial charge in [-0.25, -0.2) is 18.7 Å². The monoisotopic (exact) mass is 729 g/mol. The van der Waals surface area contributed by atoms with Crippen molar-refractivity contribution >= 4 is 74.4 Å². The number of aryl methyl sites for hydroxylation is 1. The number of nitrogens with two attached hydrogens (primary N) is 1. The Hall–Kier alpha value is -3.77. The first-order valence-corrected chi connectivity index (χ1v) is 18.6. The van der Waals surface area contributed by atoms with E-state index >= 15 is 4.39 Å². The summed E-state index contributed by atoms with van der Waals surface area (Å²) in [4.78, 5) is 52.1. The zero-order valence-corrected chi connectivity index (χ0v) is 29.9. The first kappa shape index (κ1) is 35.1. The topological polar surface area (TPSA) is 166 Å². The number of aliphatic carboxylic acids is 1. The third-order valence-corrected chi connectivity index (χ3v) is 12.0. The van der Waals surface area contributed by atoms with Gasteiger partial charge in [0, 0.05) is 65.3 Å². The Balaban J connectivity index is 1.13. The number of carbonyl (C=O) groups is 3. The molecule has 0 bridgehead atoms. The van der Waals surface area contributed by atoms with Crippen LogP contribution in [-0.2, 0) is 26.3 Å². The fraction of sp³-hybridized carbons (Fsp3) is 0.438. The number of halogens is 1. The normalized spacial score (nSPS) is 21.6. The summed E-state index contributed by atoms with van der Waals surface area (Å²) in [5, 5.41) is 21.5. The van der Waals surface area contributed by atoms with Crippen LogP contribution in [0.1, 0.15) is 38.1 Å². The SMILES string of the molecule is CCN1CCNCC1c1cc2c(cc1F)c(SCC1=CN3C(=O)C(NC(=O)C(=NOC(C)(C)C(=O)O)c4csc(N)n4)[C@@H]3SC1)cc[n+]2C. The van der Waals surface area contributed by atoms with Crippen LogP contribution in [0.25, 0.3) is 10.9 Å². The summed E-state index contributed by atoms with van der Waals surface area (Å²) in [6.07, 6.45) is 3.81. The Morgan fingerprint density at radius 3 is 2.88 bits per heavy atom. The fourth-order valence-corrected chi connectivity index (χ4v) is 8.78. The second-order valence-electron chi connectivity index (χ2n) is 12.4. The summed E-state index contributed by atoms with van der Waals surface area (Å²) < 4.78 is 17.7. The standard InChI is InChI=1S/C32H37FN8O5S3/c1-5-40-9-7-35-12-23(40)18-11-22-19(10-20(18)33)24(6-8-39(22)4)47-14-17-13-41-28(43)26(29(41)48-15-17)37-27(42)25(21-16-49-31(34)36-21)38-46-32(2,3)30(44)45/h6,8,10-11,13,16,23,26,29,35H,5,7,9,12,14-15H2,1-4H3,(H3-,34,36,37,42,44,45)/p+1/t23?,26?,29-/m0/s1. The van der Waals surface area contributed by atoms with Crippen molar-refractivity contribution in [1.82, 2.24) is 25.4 Å². The fourth-order valence-electron chi connectivity index (χ4n) is 5.85. The molecular formula is C32H38FN8O5S3+. The number of carboxylic acids is 1. The van der Waals surface area contributed by atoms with Crippen LogP contribution in [0, 0.1) is 5.82 Å². The lowest BCUT2D eigenvalue weighted by molar-refractivity contribution is -0.645. The number of benzene rings is 1. The van der Waals surface area contributed by atoms with Gasteiger partial charge < -0.3 is 31.2 Å². The van der Waals surface area contributed by atoms with Crippen LogP contribution >= 0.6 is 34.9 Å². The number of amides is 2. The molecule has 0 aliphatic carbocycles. The van der Waals surface area contributed by atoms with Crippen LogP contribution in [-0.4, -0.2) is 98.1 Å². The van der Waals surface area contributed by atoms with E-state index in [4.69, 9.17) is 10.6 Å². The molecule has 3 aliphatic heterocycles. The van der Waals surface area contributed by atoms with E-state index in [1.807, 2.05) is 36.1 Å². The third-order valence-electron chi connectivity index (χ3n) is 8.73. The van der Waals surface area contributed by atoms with Gasteiger partial charge in [0.25, 0.3) is 11.8 Å². The number of pyridine rings is 1. The number of thiazole rings is 1. The highest BCUT2D eigenvalue weighted by Crippen LogP contribution is 2.39. The van der Waals surface area contributed by atoms with E-state index in [1.54, 1.807) is 22.7 Å². The summed E-state index contributed by atoms with van der Waals surface area (Å²) in [6.45, 7) is 8.02. The number of hydrogen-bond donors (Lipinski definition) is 4. The third kappa shape index (κ3) is 7.12. The molecule has 3 aliphatic rings. The number of carbonyl (C=O) groups excluding carboxylic acids is 2. The van der Waals surface area contributed by atoms with Crippen molar-refractivity contribution in [1.29, 1.82) is 0 Å². The number of piperazine rings is 1. The van der Waals surface area contributed by atoms with Crippen molar-refractivity contribution in [3.63, 3.8) is 0 Å². The Kier molecular flexibility index (Phi) is 10.2. The molecule has 49 heavy (non-hydrogen) atoms. The molecule has 2 saturated heterocycles. The lowest BCUT2D eigenvalue weighted by Crippen LogP contribution is -2.69. The number of rotatable bonds is 11. The molecule has 13 nitrogen and oxygen atoms in total. The Bertz CT molecular complexity index is 1870. The second kappa shape index (κ2) is 14.2. The molecule has 3 atom stereocenters. The Labute approximate surface area is 295 Å². The van der Waals surface area contributed by atoms with Crippen molar-refractivity contribution in [2.45, 2.75) is 48.7 Å². The van der Waals surface area contributed by atoms with Gasteiger partial charge in [-0.3, -0.25) is 14.5 Å². The van der Waals surface area contributed by atoms with E-state index in [9.17, 15) is 19.5 Å². The van der Waals surface area contributed by atoms with E-state index in [0.29, 0.717) is 23.6 Å². The number of carboxylic acid groups (broad SMARTS) is 1.